The summed E-state index contributed by atoms with van der Waals surface area (Å²) in [5, 5.41) is 7.39. The lowest BCUT2D eigenvalue weighted by molar-refractivity contribution is 0.584. The minimum Gasteiger partial charge on any atom is -0.380 e. The number of nitrogens with zero attached hydrogens (tertiary/aromatic N) is 3. The summed E-state index contributed by atoms with van der Waals surface area (Å²) in [6.45, 7) is 3.71. The normalized spacial score (nSPS) is 10.5. The lowest BCUT2D eigenvalue weighted by Gasteiger charge is -2.03. The number of anilines is 1. The lowest BCUT2D eigenvalue weighted by Crippen LogP contribution is -1.99. The molecule has 0 bridgehead atoms. The molecule has 0 aliphatic rings. The highest BCUT2D eigenvalue weighted by molar-refractivity contribution is 5.40. The first-order valence-corrected chi connectivity index (χ1v) is 5.64. The van der Waals surface area contributed by atoms with Crippen molar-refractivity contribution in [1.82, 2.24) is 14.8 Å². The van der Waals surface area contributed by atoms with Crippen molar-refractivity contribution < 1.29 is 4.39 Å². The van der Waals surface area contributed by atoms with Gasteiger partial charge in [0.05, 0.1) is 18.1 Å². The fourth-order valence-corrected chi connectivity index (χ4v) is 1.53. The standard InChI is InChI=1S/C12H15FN4/c1-2-5-17-9-10(7-16-17)6-14-11-3-4-12(13)15-8-11/h3-4,7-9,14H,2,5-6H2,1H3. The van der Waals surface area contributed by atoms with Gasteiger partial charge in [-0.1, -0.05) is 6.92 Å². The molecular weight excluding hydrogens is 219 g/mol. The first-order valence-electron chi connectivity index (χ1n) is 5.64. The number of aryl methyl sites for hydroxylation is 1. The Morgan fingerprint density at radius 1 is 1.35 bits per heavy atom. The summed E-state index contributed by atoms with van der Waals surface area (Å²) in [6.07, 6.45) is 6.38. The number of aromatic nitrogens is 3. The van der Waals surface area contributed by atoms with Crippen LogP contribution in [-0.2, 0) is 13.1 Å². The zero-order valence-electron chi connectivity index (χ0n) is 9.73. The van der Waals surface area contributed by atoms with Gasteiger partial charge in [0.1, 0.15) is 0 Å². The van der Waals surface area contributed by atoms with Crippen molar-refractivity contribution >= 4 is 5.69 Å². The molecule has 1 N–H and O–H groups in total. The van der Waals surface area contributed by atoms with Gasteiger partial charge < -0.3 is 5.32 Å². The van der Waals surface area contributed by atoms with Crippen molar-refractivity contribution in [3.8, 4) is 0 Å². The molecule has 2 aromatic heterocycles. The van der Waals surface area contributed by atoms with Crippen LogP contribution >= 0.6 is 0 Å². The van der Waals surface area contributed by atoms with Crippen molar-refractivity contribution in [2.24, 2.45) is 0 Å². The largest absolute Gasteiger partial charge is 0.380 e. The molecule has 0 aliphatic heterocycles. The van der Waals surface area contributed by atoms with Crippen LogP contribution in [0.5, 0.6) is 0 Å². The van der Waals surface area contributed by atoms with Crippen LogP contribution in [-0.4, -0.2) is 14.8 Å². The van der Waals surface area contributed by atoms with E-state index in [1.807, 2.05) is 17.1 Å². The van der Waals surface area contributed by atoms with Crippen LogP contribution in [0, 0.1) is 5.95 Å². The summed E-state index contributed by atoms with van der Waals surface area (Å²) in [5.74, 6) is -0.466. The van der Waals surface area contributed by atoms with Gasteiger partial charge in [0.25, 0.3) is 0 Å². The fraction of sp³-hybridized carbons (Fsp3) is 0.333. The molecule has 0 aliphatic carbocycles. The van der Waals surface area contributed by atoms with Crippen molar-refractivity contribution in [3.63, 3.8) is 0 Å². The highest BCUT2D eigenvalue weighted by Gasteiger charge is 1.99. The second-order valence-corrected chi connectivity index (χ2v) is 3.83. The molecule has 0 saturated carbocycles. The van der Waals surface area contributed by atoms with Crippen LogP contribution in [0.3, 0.4) is 0 Å². The molecule has 5 heteroatoms. The van der Waals surface area contributed by atoms with Crippen LogP contribution in [0.15, 0.2) is 30.7 Å². The Morgan fingerprint density at radius 2 is 2.24 bits per heavy atom. The molecule has 4 nitrogen and oxygen atoms in total. The van der Waals surface area contributed by atoms with E-state index in [9.17, 15) is 4.39 Å². The SMILES string of the molecule is CCCn1cc(CNc2ccc(F)nc2)cn1. The Hall–Kier alpha value is -1.91. The average molecular weight is 234 g/mol. The molecule has 0 saturated heterocycles. The molecule has 0 atom stereocenters. The summed E-state index contributed by atoms with van der Waals surface area (Å²) in [5.41, 5.74) is 1.90. The van der Waals surface area contributed by atoms with E-state index in [1.54, 1.807) is 6.07 Å². The van der Waals surface area contributed by atoms with Gasteiger partial charge in [-0.05, 0) is 18.6 Å². The lowest BCUT2D eigenvalue weighted by atomic mass is 10.3. The smallest absolute Gasteiger partial charge is 0.212 e. The monoisotopic (exact) mass is 234 g/mol. The molecule has 0 fully saturated rings. The molecule has 0 amide bonds. The van der Waals surface area contributed by atoms with E-state index in [-0.39, 0.29) is 0 Å². The van der Waals surface area contributed by atoms with E-state index in [0.29, 0.717) is 6.54 Å². The maximum Gasteiger partial charge on any atom is 0.212 e. The Balaban J connectivity index is 1.90. The van der Waals surface area contributed by atoms with E-state index < -0.39 is 5.95 Å². The van der Waals surface area contributed by atoms with Crippen molar-refractivity contribution in [3.05, 3.63) is 42.2 Å². The third-order valence-corrected chi connectivity index (χ3v) is 2.36. The highest BCUT2D eigenvalue weighted by atomic mass is 19.1. The van der Waals surface area contributed by atoms with Crippen molar-refractivity contribution in [1.29, 1.82) is 0 Å². The Kier molecular flexibility index (Phi) is 3.69. The van der Waals surface area contributed by atoms with E-state index >= 15 is 0 Å². The number of pyridine rings is 1. The number of hydrogen-bond acceptors (Lipinski definition) is 3. The topological polar surface area (TPSA) is 42.7 Å². The molecule has 17 heavy (non-hydrogen) atoms. The maximum absolute atomic E-state index is 12.6. The van der Waals surface area contributed by atoms with Gasteiger partial charge in [-0.2, -0.15) is 9.49 Å². The third-order valence-electron chi connectivity index (χ3n) is 2.36. The Labute approximate surface area is 99.5 Å². The second-order valence-electron chi connectivity index (χ2n) is 3.83. The summed E-state index contributed by atoms with van der Waals surface area (Å²) in [6, 6.07) is 3.00. The van der Waals surface area contributed by atoms with E-state index in [0.717, 1.165) is 24.2 Å². The van der Waals surface area contributed by atoms with Gasteiger partial charge in [0.15, 0.2) is 0 Å². The summed E-state index contributed by atoms with van der Waals surface area (Å²) in [4.78, 5) is 3.58. The third kappa shape index (κ3) is 3.27. The number of halogens is 1. The summed E-state index contributed by atoms with van der Waals surface area (Å²) < 4.78 is 14.5. The van der Waals surface area contributed by atoms with E-state index in [4.69, 9.17) is 0 Å². The number of rotatable bonds is 5. The van der Waals surface area contributed by atoms with Gasteiger partial charge in [-0.3, -0.25) is 4.68 Å². The molecule has 2 heterocycles. The quantitative estimate of drug-likeness (QED) is 0.808. The number of hydrogen-bond donors (Lipinski definition) is 1. The summed E-state index contributed by atoms with van der Waals surface area (Å²) in [7, 11) is 0. The molecule has 90 valence electrons. The fourth-order valence-electron chi connectivity index (χ4n) is 1.53. The molecule has 0 unspecified atom stereocenters. The molecule has 2 aromatic rings. The van der Waals surface area contributed by atoms with Gasteiger partial charge >= 0.3 is 0 Å². The van der Waals surface area contributed by atoms with Gasteiger partial charge in [-0.15, -0.1) is 0 Å². The maximum atomic E-state index is 12.6. The molecule has 0 aromatic carbocycles. The summed E-state index contributed by atoms with van der Waals surface area (Å²) >= 11 is 0. The van der Waals surface area contributed by atoms with Crippen LogP contribution in [0.25, 0.3) is 0 Å². The van der Waals surface area contributed by atoms with E-state index in [2.05, 4.69) is 22.3 Å². The molecule has 2 rings (SSSR count). The van der Waals surface area contributed by atoms with Crippen LogP contribution < -0.4 is 5.32 Å². The predicted molar refractivity (Wildman–Crippen MR) is 64.0 cm³/mol. The molecule has 0 spiro atoms. The Morgan fingerprint density at radius 3 is 2.94 bits per heavy atom. The second kappa shape index (κ2) is 5.43. The van der Waals surface area contributed by atoms with Crippen LogP contribution in [0.1, 0.15) is 18.9 Å². The minimum absolute atomic E-state index is 0.466. The number of nitrogens with one attached hydrogen (secondary N) is 1. The zero-order chi connectivity index (χ0) is 12.1. The van der Waals surface area contributed by atoms with Crippen LogP contribution in [0.2, 0.25) is 0 Å². The molecule has 0 radical (unpaired) electrons. The first-order chi connectivity index (χ1) is 8.28. The molecular formula is C12H15FN4. The Bertz CT molecular complexity index is 464. The minimum atomic E-state index is -0.466. The van der Waals surface area contributed by atoms with Crippen LogP contribution in [0.4, 0.5) is 10.1 Å². The average Bonchev–Trinajstić information content (AvgIpc) is 2.77. The highest BCUT2D eigenvalue weighted by Crippen LogP contribution is 2.08. The predicted octanol–water partition coefficient (Wildman–Crippen LogP) is 2.44. The first kappa shape index (κ1) is 11.6. The van der Waals surface area contributed by atoms with Crippen molar-refractivity contribution in [2.75, 3.05) is 5.32 Å². The van der Waals surface area contributed by atoms with Crippen molar-refractivity contribution in [2.45, 2.75) is 26.4 Å². The van der Waals surface area contributed by atoms with Gasteiger partial charge in [0.2, 0.25) is 5.95 Å². The van der Waals surface area contributed by atoms with E-state index in [1.165, 1.54) is 12.3 Å². The van der Waals surface area contributed by atoms with Gasteiger partial charge in [-0.25, -0.2) is 4.98 Å². The van der Waals surface area contributed by atoms with Gasteiger partial charge in [0, 0.05) is 24.8 Å². The zero-order valence-corrected chi connectivity index (χ0v) is 9.73.